The molecule has 17 heteroatoms. The van der Waals surface area contributed by atoms with E-state index in [1.165, 1.54) is 6.33 Å². The molecule has 2 aromatic heterocycles. The van der Waals surface area contributed by atoms with Crippen molar-refractivity contribution in [3.05, 3.63) is 11.6 Å². The van der Waals surface area contributed by atoms with E-state index in [0.29, 0.717) is 12.4 Å². The van der Waals surface area contributed by atoms with E-state index in [0.717, 1.165) is 11.7 Å². The van der Waals surface area contributed by atoms with Gasteiger partial charge in [-0.15, -0.1) is 0 Å². The molecule has 2 heterocycles. The van der Waals surface area contributed by atoms with E-state index in [2.05, 4.69) is 24.8 Å². The van der Waals surface area contributed by atoms with Gasteiger partial charge in [0.25, 0.3) is 0 Å². The SMILES string of the molecule is CO[C@H](COP(=O)(O)CP(=O)(O)O)[C@@H](O)[C@@H](O)n1cnc2c(NCC(C)(C)C)nc(Cl)nc21. The Morgan fingerprint density at radius 3 is 2.39 bits per heavy atom. The van der Waals surface area contributed by atoms with Crippen LogP contribution in [0.1, 0.15) is 27.0 Å². The molecule has 0 aliphatic carbocycles. The summed E-state index contributed by atoms with van der Waals surface area (Å²) in [4.78, 5) is 39.7. The smallest absolute Gasteiger partial charge is 0.340 e. The predicted molar refractivity (Wildman–Crippen MR) is 119 cm³/mol. The molecule has 0 amide bonds. The fraction of sp³-hybridized carbons (Fsp3) is 0.688. The molecule has 0 radical (unpaired) electrons. The Bertz CT molecular complexity index is 1060. The number of hydrogen-bond donors (Lipinski definition) is 6. The Balaban J connectivity index is 2.23. The molecule has 4 atom stereocenters. The molecule has 0 aromatic carbocycles. The minimum Gasteiger partial charge on any atom is -0.386 e. The van der Waals surface area contributed by atoms with Crippen LogP contribution >= 0.6 is 26.8 Å². The lowest BCUT2D eigenvalue weighted by Gasteiger charge is -2.27. The number of hydrogen-bond acceptors (Lipinski definition) is 10. The van der Waals surface area contributed by atoms with Crippen molar-refractivity contribution in [3.8, 4) is 0 Å². The molecule has 1 unspecified atom stereocenters. The number of aliphatic hydroxyl groups excluding tert-OH is 2. The van der Waals surface area contributed by atoms with Gasteiger partial charge in [0.2, 0.25) is 5.28 Å². The quantitative estimate of drug-likeness (QED) is 0.178. The highest BCUT2D eigenvalue weighted by molar-refractivity contribution is 7.70. The number of fused-ring (bicyclic) bond motifs is 1. The molecule has 33 heavy (non-hydrogen) atoms. The Kier molecular flexibility index (Phi) is 9.02. The van der Waals surface area contributed by atoms with E-state index < -0.39 is 46.1 Å². The van der Waals surface area contributed by atoms with E-state index in [1.54, 1.807) is 0 Å². The van der Waals surface area contributed by atoms with E-state index >= 15 is 0 Å². The second-order valence-electron chi connectivity index (χ2n) is 8.50. The van der Waals surface area contributed by atoms with Crippen LogP contribution in [-0.4, -0.2) is 82.8 Å². The van der Waals surface area contributed by atoms with Crippen LogP contribution in [0.5, 0.6) is 0 Å². The summed E-state index contributed by atoms with van der Waals surface area (Å²) < 4.78 is 33.6. The molecule has 2 aromatic rings. The summed E-state index contributed by atoms with van der Waals surface area (Å²) in [5.41, 5.74) is 0.296. The molecule has 0 aliphatic heterocycles. The number of ether oxygens (including phenoxy) is 1. The Morgan fingerprint density at radius 2 is 1.85 bits per heavy atom. The predicted octanol–water partition coefficient (Wildman–Crippen LogP) is 1.14. The first kappa shape index (κ1) is 28.1. The minimum atomic E-state index is -4.83. The van der Waals surface area contributed by atoms with Crippen LogP contribution in [0, 0.1) is 5.41 Å². The maximum Gasteiger partial charge on any atom is 0.340 e. The largest absolute Gasteiger partial charge is 0.386 e. The third kappa shape index (κ3) is 8.22. The first-order chi connectivity index (χ1) is 15.0. The van der Waals surface area contributed by atoms with Crippen molar-refractivity contribution in [1.29, 1.82) is 0 Å². The number of nitrogens with one attached hydrogen (secondary N) is 1. The summed E-state index contributed by atoms with van der Waals surface area (Å²) in [6, 6.07) is 0. The number of nitrogens with zero attached hydrogens (tertiary/aromatic N) is 4. The maximum atomic E-state index is 11.8. The van der Waals surface area contributed by atoms with Crippen LogP contribution in [0.3, 0.4) is 0 Å². The lowest BCUT2D eigenvalue weighted by molar-refractivity contribution is -0.113. The van der Waals surface area contributed by atoms with Crippen molar-refractivity contribution >= 4 is 43.8 Å². The molecule has 14 nitrogen and oxygen atoms in total. The molecule has 6 N–H and O–H groups in total. The minimum absolute atomic E-state index is 0.0837. The third-order valence-electron chi connectivity index (χ3n) is 4.26. The molecule has 188 valence electrons. The highest BCUT2D eigenvalue weighted by atomic mass is 35.5. The van der Waals surface area contributed by atoms with Gasteiger partial charge in [0.05, 0.1) is 12.9 Å². The summed E-state index contributed by atoms with van der Waals surface area (Å²) in [6.45, 7) is 5.82. The first-order valence-corrected chi connectivity index (χ1v) is 13.5. The van der Waals surface area contributed by atoms with E-state index in [1.807, 2.05) is 20.8 Å². The number of rotatable bonds is 11. The monoisotopic (exact) mass is 531 g/mol. The van der Waals surface area contributed by atoms with Gasteiger partial charge in [-0.1, -0.05) is 20.8 Å². The summed E-state index contributed by atoms with van der Waals surface area (Å²) in [6.07, 6.45) is -3.58. The molecule has 0 saturated heterocycles. The maximum absolute atomic E-state index is 11.8. The van der Waals surface area contributed by atoms with Gasteiger partial charge < -0.3 is 39.5 Å². The van der Waals surface area contributed by atoms with Crippen molar-refractivity contribution in [2.45, 2.75) is 39.2 Å². The van der Waals surface area contributed by atoms with Gasteiger partial charge in [-0.3, -0.25) is 13.7 Å². The number of anilines is 1. The molecular weight excluding hydrogens is 504 g/mol. The molecular formula is C16H28ClN5O9P2. The van der Waals surface area contributed by atoms with Gasteiger partial charge in [-0.05, 0) is 17.0 Å². The van der Waals surface area contributed by atoms with Crippen molar-refractivity contribution in [2.75, 3.05) is 31.5 Å². The number of halogens is 1. The molecule has 0 aliphatic rings. The summed E-state index contributed by atoms with van der Waals surface area (Å²) >= 11 is 6.01. The van der Waals surface area contributed by atoms with E-state index in [-0.39, 0.29) is 21.9 Å². The second-order valence-corrected chi connectivity index (χ2v) is 12.8. The first-order valence-electron chi connectivity index (χ1n) is 9.57. The topological polar surface area (TPSA) is 209 Å². The fourth-order valence-electron chi connectivity index (χ4n) is 2.68. The van der Waals surface area contributed by atoms with Gasteiger partial charge in [0.1, 0.15) is 12.2 Å². The van der Waals surface area contributed by atoms with Crippen molar-refractivity contribution in [3.63, 3.8) is 0 Å². The normalized spacial score (nSPS) is 17.5. The van der Waals surface area contributed by atoms with Gasteiger partial charge in [-0.25, -0.2) is 4.98 Å². The zero-order valence-electron chi connectivity index (χ0n) is 18.4. The number of methoxy groups -OCH3 is 1. The number of imidazole rings is 1. The van der Waals surface area contributed by atoms with Crippen molar-refractivity contribution < 1.29 is 43.3 Å². The fourth-order valence-corrected chi connectivity index (χ4v) is 5.42. The van der Waals surface area contributed by atoms with Crippen LogP contribution in [0.4, 0.5) is 5.82 Å². The van der Waals surface area contributed by atoms with Crippen LogP contribution in [0.2, 0.25) is 5.28 Å². The molecule has 0 spiro atoms. The lowest BCUT2D eigenvalue weighted by atomic mass is 9.97. The third-order valence-corrected chi connectivity index (χ3v) is 7.88. The lowest BCUT2D eigenvalue weighted by Crippen LogP contribution is -2.39. The highest BCUT2D eigenvalue weighted by Gasteiger charge is 2.35. The van der Waals surface area contributed by atoms with E-state index in [4.69, 9.17) is 26.1 Å². The molecule has 2 rings (SSSR count). The summed E-state index contributed by atoms with van der Waals surface area (Å²) in [5, 5.41) is 24.2. The van der Waals surface area contributed by atoms with Crippen LogP contribution in [0.25, 0.3) is 11.2 Å². The second kappa shape index (κ2) is 10.6. The number of aliphatic hydroxyl groups is 2. The van der Waals surface area contributed by atoms with Crippen molar-refractivity contribution in [2.24, 2.45) is 5.41 Å². The zero-order valence-corrected chi connectivity index (χ0v) is 20.9. The Morgan fingerprint density at radius 1 is 1.21 bits per heavy atom. The van der Waals surface area contributed by atoms with Gasteiger partial charge in [0.15, 0.2) is 29.1 Å². The average Bonchev–Trinajstić information content (AvgIpc) is 3.06. The molecule has 0 bridgehead atoms. The molecule has 0 fully saturated rings. The zero-order chi connectivity index (χ0) is 25.2. The van der Waals surface area contributed by atoms with Gasteiger partial charge >= 0.3 is 15.2 Å². The summed E-state index contributed by atoms with van der Waals surface area (Å²) in [5.74, 6) is -1.08. The van der Waals surface area contributed by atoms with Crippen LogP contribution in [-0.2, 0) is 18.4 Å². The van der Waals surface area contributed by atoms with Crippen molar-refractivity contribution in [1.82, 2.24) is 19.5 Å². The van der Waals surface area contributed by atoms with Gasteiger partial charge in [-0.2, -0.15) is 9.97 Å². The van der Waals surface area contributed by atoms with Gasteiger partial charge in [0, 0.05) is 13.7 Å². The van der Waals surface area contributed by atoms with Crippen LogP contribution < -0.4 is 5.32 Å². The average molecular weight is 532 g/mol. The summed E-state index contributed by atoms with van der Waals surface area (Å²) in [7, 11) is -8.37. The standard InChI is InChI=1S/C16H28ClN5O9P2/c1-16(2,3)6-18-12-10-13(21-15(17)20-12)22(7-19-10)14(24)11(23)9(30-4)5-31-33(28,29)8-32(25,26)27/h7,9,11,14,23-24H,5-6,8H2,1-4H3,(H,28,29)(H,18,20,21)(H2,25,26,27)/t9-,11-,14-/m1/s1. The Labute approximate surface area is 194 Å². The number of aromatic nitrogens is 4. The van der Waals surface area contributed by atoms with Crippen LogP contribution in [0.15, 0.2) is 6.33 Å². The van der Waals surface area contributed by atoms with E-state index in [9.17, 15) is 24.2 Å². The Hall–Kier alpha value is -1.18. The highest BCUT2D eigenvalue weighted by Crippen LogP contribution is 2.55. The molecule has 0 saturated carbocycles.